The van der Waals surface area contributed by atoms with E-state index in [0.717, 1.165) is 4.31 Å². The van der Waals surface area contributed by atoms with Gasteiger partial charge in [0.2, 0.25) is 0 Å². The fraction of sp³-hybridized carbons (Fsp3) is 0.0500. The molecule has 0 aliphatic carbocycles. The van der Waals surface area contributed by atoms with Gasteiger partial charge in [0.05, 0.1) is 21.2 Å². The highest BCUT2D eigenvalue weighted by atomic mass is 32.2. The number of nitro benzene ring substituents is 1. The number of nitrogens with zero attached hydrogens (tertiary/aromatic N) is 3. The molecule has 0 bridgehead atoms. The average Bonchev–Trinajstić information content (AvgIpc) is 2.70. The summed E-state index contributed by atoms with van der Waals surface area (Å²) < 4.78 is 27.7. The van der Waals surface area contributed by atoms with E-state index < -0.39 is 14.9 Å². The normalized spacial score (nSPS) is 11.8. The fourth-order valence-electron chi connectivity index (χ4n) is 2.64. The largest absolute Gasteiger partial charge is 0.269 e. The molecule has 28 heavy (non-hydrogen) atoms. The number of rotatable bonds is 5. The van der Waals surface area contributed by atoms with Crippen molar-refractivity contribution < 1.29 is 13.3 Å². The Morgan fingerprint density at radius 1 is 0.893 bits per heavy atom. The van der Waals surface area contributed by atoms with Crippen LogP contribution in [0.2, 0.25) is 0 Å². The lowest BCUT2D eigenvalue weighted by Crippen LogP contribution is -2.35. The topological polar surface area (TPSA) is 92.9 Å². The number of hydrogen-bond donors (Lipinski definition) is 0. The van der Waals surface area contributed by atoms with Crippen molar-refractivity contribution in [3.05, 3.63) is 95.0 Å². The molecular formula is C20H17N3O4S. The highest BCUT2D eigenvalue weighted by Crippen LogP contribution is 2.27. The molecule has 0 aliphatic rings. The van der Waals surface area contributed by atoms with Crippen LogP contribution < -0.4 is 4.31 Å². The molecule has 0 heterocycles. The monoisotopic (exact) mass is 395 g/mol. The van der Waals surface area contributed by atoms with Gasteiger partial charge in [-0.25, -0.2) is 17.7 Å². The van der Waals surface area contributed by atoms with Crippen molar-refractivity contribution in [2.45, 2.75) is 11.8 Å². The van der Waals surface area contributed by atoms with E-state index in [0.29, 0.717) is 5.69 Å². The summed E-state index contributed by atoms with van der Waals surface area (Å²) >= 11 is 0. The van der Waals surface area contributed by atoms with Crippen molar-refractivity contribution >= 4 is 32.9 Å². The standard InChI is InChI=1S/C20H17N3O4S/c1-16(21-17-8-4-2-5-9-17)22(18-12-14-19(15-13-18)23(24)25)28(26,27)20-10-6-3-7-11-20/h2-15H,1H3. The minimum absolute atomic E-state index is 0.0935. The Morgan fingerprint density at radius 3 is 1.96 bits per heavy atom. The molecule has 0 aromatic heterocycles. The highest BCUT2D eigenvalue weighted by molar-refractivity contribution is 7.93. The maximum absolute atomic E-state index is 13.3. The van der Waals surface area contributed by atoms with Crippen molar-refractivity contribution in [3.8, 4) is 0 Å². The summed E-state index contributed by atoms with van der Waals surface area (Å²) in [4.78, 5) is 14.9. The lowest BCUT2D eigenvalue weighted by molar-refractivity contribution is -0.384. The van der Waals surface area contributed by atoms with Crippen molar-refractivity contribution in [1.29, 1.82) is 0 Å². The van der Waals surface area contributed by atoms with E-state index in [1.165, 1.54) is 36.4 Å². The maximum atomic E-state index is 13.3. The summed E-state index contributed by atoms with van der Waals surface area (Å²) in [5.74, 6) is 0.212. The lowest BCUT2D eigenvalue weighted by atomic mass is 10.3. The van der Waals surface area contributed by atoms with Gasteiger partial charge < -0.3 is 0 Å². The fourth-order valence-corrected chi connectivity index (χ4v) is 4.14. The Balaban J connectivity index is 2.13. The molecule has 8 heteroatoms. The van der Waals surface area contributed by atoms with Gasteiger partial charge in [-0.2, -0.15) is 0 Å². The molecule has 7 nitrogen and oxygen atoms in total. The SMILES string of the molecule is CC(=Nc1ccccc1)N(c1ccc([N+](=O)[O-])cc1)S(=O)(=O)c1ccccc1. The lowest BCUT2D eigenvalue weighted by Gasteiger charge is -2.24. The summed E-state index contributed by atoms with van der Waals surface area (Å²) in [7, 11) is -3.97. The van der Waals surface area contributed by atoms with Crippen LogP contribution in [-0.4, -0.2) is 19.2 Å². The minimum Gasteiger partial charge on any atom is -0.258 e. The van der Waals surface area contributed by atoms with Crippen LogP contribution in [0, 0.1) is 10.1 Å². The van der Waals surface area contributed by atoms with Gasteiger partial charge in [0.1, 0.15) is 5.84 Å². The number of anilines is 1. The Morgan fingerprint density at radius 2 is 1.43 bits per heavy atom. The van der Waals surface area contributed by atoms with Gasteiger partial charge in [0.25, 0.3) is 15.7 Å². The van der Waals surface area contributed by atoms with Gasteiger partial charge in [-0.15, -0.1) is 0 Å². The third kappa shape index (κ3) is 4.07. The molecular weight excluding hydrogens is 378 g/mol. The van der Waals surface area contributed by atoms with E-state index in [-0.39, 0.29) is 22.1 Å². The second-order valence-corrected chi connectivity index (χ2v) is 7.64. The quantitative estimate of drug-likeness (QED) is 0.274. The number of nitro groups is 1. The molecule has 0 saturated carbocycles. The summed E-state index contributed by atoms with van der Waals surface area (Å²) in [5.41, 5.74) is 0.722. The molecule has 0 radical (unpaired) electrons. The Labute approximate surface area is 162 Å². The van der Waals surface area contributed by atoms with Gasteiger partial charge in [-0.3, -0.25) is 10.1 Å². The van der Waals surface area contributed by atoms with Crippen LogP contribution in [0.3, 0.4) is 0 Å². The van der Waals surface area contributed by atoms with E-state index in [4.69, 9.17) is 0 Å². The summed E-state index contributed by atoms with van der Waals surface area (Å²) in [6.45, 7) is 1.58. The maximum Gasteiger partial charge on any atom is 0.269 e. The van der Waals surface area contributed by atoms with E-state index >= 15 is 0 Å². The molecule has 142 valence electrons. The first-order valence-corrected chi connectivity index (χ1v) is 9.79. The molecule has 0 spiro atoms. The van der Waals surface area contributed by atoms with Gasteiger partial charge in [-0.05, 0) is 43.3 Å². The van der Waals surface area contributed by atoms with Crippen molar-refractivity contribution in [1.82, 2.24) is 0 Å². The van der Waals surface area contributed by atoms with Gasteiger partial charge in [0.15, 0.2) is 0 Å². The van der Waals surface area contributed by atoms with Crippen molar-refractivity contribution in [2.75, 3.05) is 4.31 Å². The number of hydrogen-bond acceptors (Lipinski definition) is 5. The highest BCUT2D eigenvalue weighted by Gasteiger charge is 2.27. The smallest absolute Gasteiger partial charge is 0.258 e. The molecule has 3 aromatic rings. The van der Waals surface area contributed by atoms with Crippen LogP contribution >= 0.6 is 0 Å². The molecule has 0 saturated heterocycles. The van der Waals surface area contributed by atoms with E-state index in [9.17, 15) is 18.5 Å². The van der Waals surface area contributed by atoms with E-state index in [2.05, 4.69) is 4.99 Å². The predicted molar refractivity (Wildman–Crippen MR) is 108 cm³/mol. The zero-order chi connectivity index (χ0) is 20.1. The Bertz CT molecular complexity index is 1100. The summed E-state index contributed by atoms with van der Waals surface area (Å²) in [6.07, 6.45) is 0. The van der Waals surface area contributed by atoms with Crippen molar-refractivity contribution in [2.24, 2.45) is 4.99 Å². The average molecular weight is 395 g/mol. The summed E-state index contributed by atoms with van der Waals surface area (Å²) in [5, 5.41) is 10.9. The number of sulfonamides is 1. The number of aliphatic imine (C=N–C) groups is 1. The first-order valence-electron chi connectivity index (χ1n) is 8.35. The third-order valence-corrected chi connectivity index (χ3v) is 5.74. The van der Waals surface area contributed by atoms with Crippen molar-refractivity contribution in [3.63, 3.8) is 0 Å². The number of non-ortho nitro benzene ring substituents is 1. The van der Waals surface area contributed by atoms with Gasteiger partial charge in [0, 0.05) is 12.1 Å². The predicted octanol–water partition coefficient (Wildman–Crippen LogP) is 4.54. The van der Waals surface area contributed by atoms with Crippen LogP contribution in [0.4, 0.5) is 17.1 Å². The van der Waals surface area contributed by atoms with Crippen LogP contribution in [0.25, 0.3) is 0 Å². The van der Waals surface area contributed by atoms with Gasteiger partial charge in [-0.1, -0.05) is 36.4 Å². The van der Waals surface area contributed by atoms with Crippen LogP contribution in [0.1, 0.15) is 6.92 Å². The van der Waals surface area contributed by atoms with E-state index in [1.807, 2.05) is 6.07 Å². The molecule has 0 amide bonds. The van der Waals surface area contributed by atoms with Crippen LogP contribution in [0.5, 0.6) is 0 Å². The van der Waals surface area contributed by atoms with E-state index in [1.54, 1.807) is 49.4 Å². The molecule has 0 N–H and O–H groups in total. The number of amidine groups is 1. The van der Waals surface area contributed by atoms with Gasteiger partial charge >= 0.3 is 0 Å². The molecule has 3 aromatic carbocycles. The second-order valence-electron chi connectivity index (χ2n) is 5.85. The molecule has 3 rings (SSSR count). The summed E-state index contributed by atoms with van der Waals surface area (Å²) in [6, 6.07) is 22.2. The first kappa shape index (κ1) is 19.2. The molecule has 0 fully saturated rings. The minimum atomic E-state index is -3.97. The molecule has 0 unspecified atom stereocenters. The van der Waals surface area contributed by atoms with Crippen LogP contribution in [-0.2, 0) is 10.0 Å². The zero-order valence-corrected chi connectivity index (χ0v) is 15.8. The number of para-hydroxylation sites is 1. The number of benzene rings is 3. The first-order chi connectivity index (χ1) is 13.4. The molecule has 0 atom stereocenters. The molecule has 0 aliphatic heterocycles. The Kier molecular flexibility index (Phi) is 5.51. The van der Waals surface area contributed by atoms with Crippen LogP contribution in [0.15, 0.2) is 94.8 Å². The third-order valence-electron chi connectivity index (χ3n) is 3.92. The zero-order valence-electron chi connectivity index (χ0n) is 15.0. The Hall–Kier alpha value is -3.52. The second kappa shape index (κ2) is 8.01.